The van der Waals surface area contributed by atoms with E-state index >= 15 is 0 Å². The van der Waals surface area contributed by atoms with Crippen LogP contribution in [0.3, 0.4) is 0 Å². The molecule has 4 heterocycles. The number of benzene rings is 2. The van der Waals surface area contributed by atoms with E-state index in [2.05, 4.69) is 0 Å². The van der Waals surface area contributed by atoms with Gasteiger partial charge in [-0.1, -0.05) is 42.8 Å². The summed E-state index contributed by atoms with van der Waals surface area (Å²) < 4.78 is 12.5. The van der Waals surface area contributed by atoms with Crippen molar-refractivity contribution in [3.8, 4) is 5.75 Å². The molecule has 4 aliphatic heterocycles. The van der Waals surface area contributed by atoms with Gasteiger partial charge >= 0.3 is 0 Å². The maximum absolute atomic E-state index is 14.5. The molecule has 2 saturated heterocycles. The molecule has 2 fully saturated rings. The van der Waals surface area contributed by atoms with Crippen molar-refractivity contribution in [1.29, 1.82) is 0 Å². The Morgan fingerprint density at radius 3 is 2.12 bits per heavy atom. The molecule has 2 aromatic carbocycles. The molecule has 0 saturated carbocycles. The van der Waals surface area contributed by atoms with Crippen molar-refractivity contribution in [2.24, 2.45) is 11.8 Å². The van der Waals surface area contributed by atoms with Crippen LogP contribution in [0.15, 0.2) is 72.8 Å². The van der Waals surface area contributed by atoms with Gasteiger partial charge in [-0.25, -0.2) is 0 Å². The van der Waals surface area contributed by atoms with Crippen molar-refractivity contribution in [2.75, 3.05) is 42.6 Å². The van der Waals surface area contributed by atoms with Gasteiger partial charge in [0, 0.05) is 36.0 Å². The summed E-state index contributed by atoms with van der Waals surface area (Å²) in [6.07, 6.45) is 7.88. The molecule has 0 aromatic heterocycles. The predicted molar refractivity (Wildman–Crippen MR) is 158 cm³/mol. The number of hydrogen-bond acceptors (Lipinski definition) is 6. The first kappa shape index (κ1) is 28.5. The monoisotopic (exact) mass is 591 g/mol. The zero-order valence-electron chi connectivity index (χ0n) is 23.6. The van der Waals surface area contributed by atoms with Gasteiger partial charge in [-0.2, -0.15) is 0 Å². The lowest BCUT2D eigenvalue weighted by molar-refractivity contribution is -0.146. The highest BCUT2D eigenvalue weighted by atomic mass is 35.5. The molecule has 6 rings (SSSR count). The molecule has 0 aliphatic carbocycles. The Kier molecular flexibility index (Phi) is 7.37. The van der Waals surface area contributed by atoms with Crippen molar-refractivity contribution in [1.82, 2.24) is 4.90 Å². The third-order valence-electron chi connectivity index (χ3n) is 8.88. The van der Waals surface area contributed by atoms with Crippen molar-refractivity contribution >= 4 is 40.7 Å². The Labute approximate surface area is 249 Å². The number of nitrogens with zero attached hydrogens (tertiary/aromatic N) is 3. The standard InChI is InChI=1S/C32H34ClN3O6/c1-3-31-15-5-17-34(23-11-13-24(14-12-23)41-4-2)28(38)25(31)26-29(39)36(19-20-37)27-30(40)35(18-6-16-32(26,27)42-31)22-9-7-21(33)8-10-22/h5-16,25-27,37H,3-4,17-20H2,1-2H3/t25-,26-,27?,31+,32-/m0/s1. The van der Waals surface area contributed by atoms with Gasteiger partial charge in [0.15, 0.2) is 0 Å². The third-order valence-corrected chi connectivity index (χ3v) is 9.13. The van der Waals surface area contributed by atoms with Crippen molar-refractivity contribution in [3.05, 3.63) is 77.9 Å². The molecule has 4 aliphatic rings. The molecule has 9 nitrogen and oxygen atoms in total. The Hall–Kier alpha value is -3.66. The first-order valence-electron chi connectivity index (χ1n) is 14.4. The second-order valence-corrected chi connectivity index (χ2v) is 11.4. The van der Waals surface area contributed by atoms with Crippen LogP contribution in [0, 0.1) is 11.8 Å². The lowest BCUT2D eigenvalue weighted by Gasteiger charge is -2.38. The number of fused-ring (bicyclic) bond motifs is 2. The number of β-amino-alcohol motifs (C(OH)–C–C–N with tert-alkyl or cyclic N) is 1. The Bertz CT molecular complexity index is 1440. The topological polar surface area (TPSA) is 99.6 Å². The minimum atomic E-state index is -1.40. The van der Waals surface area contributed by atoms with Gasteiger partial charge in [-0.15, -0.1) is 0 Å². The van der Waals surface area contributed by atoms with E-state index in [-0.39, 0.29) is 37.4 Å². The van der Waals surface area contributed by atoms with Gasteiger partial charge in [-0.05, 0) is 61.9 Å². The summed E-state index contributed by atoms with van der Waals surface area (Å²) in [7, 11) is 0. The van der Waals surface area contributed by atoms with Crippen LogP contribution in [-0.2, 0) is 19.1 Å². The van der Waals surface area contributed by atoms with Gasteiger partial charge in [0.25, 0.3) is 5.91 Å². The fourth-order valence-electron chi connectivity index (χ4n) is 7.08. The van der Waals surface area contributed by atoms with Crippen LogP contribution < -0.4 is 14.5 Å². The smallest absolute Gasteiger partial charge is 0.253 e. The minimum Gasteiger partial charge on any atom is -0.494 e. The van der Waals surface area contributed by atoms with E-state index in [4.69, 9.17) is 21.1 Å². The summed E-state index contributed by atoms with van der Waals surface area (Å²) in [5.41, 5.74) is -1.19. The molecular weight excluding hydrogens is 558 g/mol. The molecule has 3 amide bonds. The maximum atomic E-state index is 14.5. The highest BCUT2D eigenvalue weighted by molar-refractivity contribution is 6.30. The average molecular weight is 592 g/mol. The van der Waals surface area contributed by atoms with Gasteiger partial charge in [0.2, 0.25) is 11.8 Å². The number of aliphatic hydroxyl groups excluding tert-OH is 1. The minimum absolute atomic E-state index is 0.0579. The van der Waals surface area contributed by atoms with Crippen LogP contribution in [0.1, 0.15) is 20.3 Å². The molecular formula is C32H34ClN3O6. The number of carbonyl (C=O) groups is 3. The fourth-order valence-corrected chi connectivity index (χ4v) is 7.21. The molecule has 220 valence electrons. The van der Waals surface area contributed by atoms with Crippen molar-refractivity contribution in [2.45, 2.75) is 37.5 Å². The van der Waals surface area contributed by atoms with Crippen LogP contribution in [-0.4, -0.2) is 77.8 Å². The van der Waals surface area contributed by atoms with Crippen LogP contribution >= 0.6 is 11.6 Å². The van der Waals surface area contributed by atoms with E-state index in [1.165, 1.54) is 4.90 Å². The molecule has 42 heavy (non-hydrogen) atoms. The van der Waals surface area contributed by atoms with Crippen LogP contribution in [0.5, 0.6) is 5.75 Å². The fraction of sp³-hybridized carbons (Fsp3) is 0.406. The summed E-state index contributed by atoms with van der Waals surface area (Å²) >= 11 is 6.10. The number of likely N-dealkylation sites (tertiary alicyclic amines) is 1. The van der Waals surface area contributed by atoms with E-state index in [0.717, 1.165) is 0 Å². The van der Waals surface area contributed by atoms with E-state index in [9.17, 15) is 19.5 Å². The molecule has 0 bridgehead atoms. The summed E-state index contributed by atoms with van der Waals surface area (Å²) in [6.45, 7) is 4.54. The summed E-state index contributed by atoms with van der Waals surface area (Å²) in [6, 6.07) is 13.2. The molecule has 5 atom stereocenters. The molecule has 1 spiro atoms. The molecule has 10 heteroatoms. The number of ether oxygens (including phenoxy) is 2. The highest BCUT2D eigenvalue weighted by Crippen LogP contribution is 2.58. The second kappa shape index (κ2) is 10.9. The number of aliphatic hydroxyl groups is 1. The lowest BCUT2D eigenvalue weighted by Crippen LogP contribution is -2.56. The number of halogens is 1. The number of rotatable bonds is 7. The normalized spacial score (nSPS) is 30.2. The number of anilines is 2. The maximum Gasteiger partial charge on any atom is 0.253 e. The SMILES string of the molecule is CCOc1ccc(N2CC=C[C@@]3(CC)O[C@]45C=CCN(c6ccc(Cl)cc6)C(=O)C4N(CCO)C(=O)[C@@H]5[C@H]3C2=O)cc1. The van der Waals surface area contributed by atoms with Gasteiger partial charge < -0.3 is 29.3 Å². The number of carbonyl (C=O) groups excluding carboxylic acids is 3. The van der Waals surface area contributed by atoms with Gasteiger partial charge in [0.05, 0.1) is 30.7 Å². The molecule has 1 N–H and O–H groups in total. The Balaban J connectivity index is 1.44. The van der Waals surface area contributed by atoms with E-state index in [0.29, 0.717) is 41.7 Å². The summed E-state index contributed by atoms with van der Waals surface area (Å²) in [5, 5.41) is 10.5. The highest BCUT2D eigenvalue weighted by Gasteiger charge is 2.75. The lowest BCUT2D eigenvalue weighted by atomic mass is 9.73. The third kappa shape index (κ3) is 4.25. The molecule has 1 unspecified atom stereocenters. The zero-order chi connectivity index (χ0) is 29.6. The van der Waals surface area contributed by atoms with E-state index < -0.39 is 29.1 Å². The summed E-state index contributed by atoms with van der Waals surface area (Å²) in [4.78, 5) is 47.9. The average Bonchev–Trinajstić information content (AvgIpc) is 3.27. The summed E-state index contributed by atoms with van der Waals surface area (Å²) in [5.74, 6) is -2.10. The van der Waals surface area contributed by atoms with Crippen molar-refractivity contribution in [3.63, 3.8) is 0 Å². The zero-order valence-corrected chi connectivity index (χ0v) is 24.4. The Morgan fingerprint density at radius 2 is 1.50 bits per heavy atom. The second-order valence-electron chi connectivity index (χ2n) is 11.0. The van der Waals surface area contributed by atoms with E-state index in [1.807, 2.05) is 56.3 Å². The number of hydrogen-bond donors (Lipinski definition) is 1. The quantitative estimate of drug-likeness (QED) is 0.494. The molecule has 2 aromatic rings. The van der Waals surface area contributed by atoms with Gasteiger partial charge in [0.1, 0.15) is 17.4 Å². The number of amides is 3. The largest absolute Gasteiger partial charge is 0.494 e. The predicted octanol–water partition coefficient (Wildman–Crippen LogP) is 3.60. The first-order valence-corrected chi connectivity index (χ1v) is 14.8. The van der Waals surface area contributed by atoms with Crippen LogP contribution in [0.4, 0.5) is 11.4 Å². The van der Waals surface area contributed by atoms with Gasteiger partial charge in [-0.3, -0.25) is 14.4 Å². The van der Waals surface area contributed by atoms with Crippen LogP contribution in [0.25, 0.3) is 0 Å². The molecule has 0 radical (unpaired) electrons. The first-order chi connectivity index (χ1) is 20.3. The van der Waals surface area contributed by atoms with Crippen LogP contribution in [0.2, 0.25) is 5.02 Å². The van der Waals surface area contributed by atoms with Crippen molar-refractivity contribution < 1.29 is 29.0 Å². The van der Waals surface area contributed by atoms with E-state index in [1.54, 1.807) is 40.1 Å². The Morgan fingerprint density at radius 1 is 0.881 bits per heavy atom.